The van der Waals surface area contributed by atoms with Crippen LogP contribution in [0.1, 0.15) is 48.5 Å². The fourth-order valence-electron chi connectivity index (χ4n) is 4.31. The molecule has 0 fully saturated rings. The highest BCUT2D eigenvalue weighted by molar-refractivity contribution is 8.17. The van der Waals surface area contributed by atoms with Crippen molar-refractivity contribution in [2.75, 3.05) is 24.3 Å². The maximum atomic E-state index is 12.1. The fraction of sp³-hybridized carbons (Fsp3) is 0.423. The molecular weight excluding hydrogens is 557 g/mol. The monoisotopic (exact) mass is 584 g/mol. The van der Waals surface area contributed by atoms with E-state index in [0.717, 1.165) is 32.2 Å². The summed E-state index contributed by atoms with van der Waals surface area (Å²) < 4.78 is 5.88. The number of nitro benzene ring substituents is 1. The quantitative estimate of drug-likeness (QED) is 0.349. The number of hydrogen-bond acceptors (Lipinski definition) is 11. The van der Waals surface area contributed by atoms with Crippen molar-refractivity contribution in [3.8, 4) is 0 Å². The Morgan fingerprint density at radius 2 is 1.56 bits per heavy atom. The van der Waals surface area contributed by atoms with Crippen LogP contribution < -0.4 is 5.32 Å². The number of nitrogens with one attached hydrogen (secondary N) is 1. The fourth-order valence-corrected chi connectivity index (χ4v) is 8.17. The standard InChI is InChI=1S/C26H28N6O4S3/c1-15-19(20(33)27-5)28-21(36-15)24(2)12-38-23(30-24)26(4)14-39-22(31-26)25(3)13-37-18(29-25)11-8-16-6-9-17(10-7-16)32(34)35/h6-11H,12-14H2,1-5H3,(H,27,33)/b11-8+/t24-,25-,26-/m0/s1. The van der Waals surface area contributed by atoms with Crippen molar-refractivity contribution in [2.45, 2.75) is 44.3 Å². The lowest BCUT2D eigenvalue weighted by atomic mass is 10.0. The number of non-ortho nitro benzene ring substituents is 1. The average molecular weight is 585 g/mol. The van der Waals surface area contributed by atoms with Gasteiger partial charge in [-0.25, -0.2) is 4.98 Å². The van der Waals surface area contributed by atoms with Crippen LogP contribution >= 0.6 is 35.3 Å². The number of benzene rings is 1. The first-order valence-electron chi connectivity index (χ1n) is 12.3. The Morgan fingerprint density at radius 1 is 0.974 bits per heavy atom. The number of aromatic nitrogens is 1. The molecule has 5 rings (SSSR count). The Hall–Kier alpha value is -2.90. The smallest absolute Gasteiger partial charge is 0.273 e. The molecule has 0 spiro atoms. The van der Waals surface area contributed by atoms with Crippen LogP contribution in [0.3, 0.4) is 0 Å². The highest BCUT2D eigenvalue weighted by Crippen LogP contribution is 2.46. The van der Waals surface area contributed by atoms with Gasteiger partial charge in [-0.3, -0.25) is 29.9 Å². The van der Waals surface area contributed by atoms with Crippen molar-refractivity contribution < 1.29 is 14.1 Å². The first-order chi connectivity index (χ1) is 18.4. The number of aryl methyl sites for hydroxylation is 1. The number of nitrogens with zero attached hydrogens (tertiary/aromatic N) is 5. The predicted octanol–water partition coefficient (Wildman–Crippen LogP) is 5.13. The van der Waals surface area contributed by atoms with Gasteiger partial charge in [-0.2, -0.15) is 0 Å². The summed E-state index contributed by atoms with van der Waals surface area (Å²) in [5, 5.41) is 16.3. The van der Waals surface area contributed by atoms with Crippen molar-refractivity contribution in [1.29, 1.82) is 0 Å². The van der Waals surface area contributed by atoms with Gasteiger partial charge in [0, 0.05) is 36.4 Å². The second-order valence-electron chi connectivity index (χ2n) is 10.2. The van der Waals surface area contributed by atoms with Gasteiger partial charge in [0.2, 0.25) is 5.89 Å². The van der Waals surface area contributed by atoms with Crippen molar-refractivity contribution in [2.24, 2.45) is 15.0 Å². The van der Waals surface area contributed by atoms with Crippen LogP contribution in [0.5, 0.6) is 0 Å². The molecule has 13 heteroatoms. The molecule has 3 aliphatic heterocycles. The molecule has 0 unspecified atom stereocenters. The minimum Gasteiger partial charge on any atom is -0.442 e. The third kappa shape index (κ3) is 5.31. The molecule has 0 bridgehead atoms. The van der Waals surface area contributed by atoms with Gasteiger partial charge in [-0.15, -0.1) is 35.3 Å². The molecule has 39 heavy (non-hydrogen) atoms. The van der Waals surface area contributed by atoms with E-state index in [1.165, 1.54) is 12.1 Å². The number of carbonyl (C=O) groups is 1. The minimum absolute atomic E-state index is 0.0705. The van der Waals surface area contributed by atoms with Gasteiger partial charge in [0.05, 0.1) is 20.1 Å². The van der Waals surface area contributed by atoms with Gasteiger partial charge in [0.15, 0.2) is 5.69 Å². The zero-order valence-corrected chi connectivity index (χ0v) is 24.6. The molecule has 4 heterocycles. The number of nitro groups is 1. The maximum absolute atomic E-state index is 12.1. The number of carbonyl (C=O) groups excluding carboxylic acids is 1. The van der Waals surface area contributed by atoms with Crippen molar-refractivity contribution >= 4 is 68.1 Å². The first-order valence-corrected chi connectivity index (χ1v) is 15.2. The summed E-state index contributed by atoms with van der Waals surface area (Å²) in [4.78, 5) is 42.3. The van der Waals surface area contributed by atoms with Gasteiger partial charge in [-0.05, 0) is 51.5 Å². The number of aliphatic imine (C=N–C) groups is 3. The van der Waals surface area contributed by atoms with Crippen LogP contribution in [-0.2, 0) is 5.54 Å². The summed E-state index contributed by atoms with van der Waals surface area (Å²) in [5.41, 5.74) is -0.356. The summed E-state index contributed by atoms with van der Waals surface area (Å²) in [7, 11) is 1.57. The zero-order chi connectivity index (χ0) is 28.0. The Bertz CT molecular complexity index is 1470. The molecule has 0 saturated carbocycles. The largest absolute Gasteiger partial charge is 0.442 e. The van der Waals surface area contributed by atoms with Gasteiger partial charge < -0.3 is 9.73 Å². The number of oxazole rings is 1. The second kappa shape index (κ2) is 10.3. The Labute approximate surface area is 238 Å². The lowest BCUT2D eigenvalue weighted by Crippen LogP contribution is -2.33. The lowest BCUT2D eigenvalue weighted by molar-refractivity contribution is -0.384. The van der Waals surface area contributed by atoms with E-state index in [2.05, 4.69) is 24.1 Å². The van der Waals surface area contributed by atoms with E-state index in [1.54, 1.807) is 61.4 Å². The van der Waals surface area contributed by atoms with Crippen LogP contribution in [-0.4, -0.2) is 66.3 Å². The van der Waals surface area contributed by atoms with Crippen LogP contribution in [0.4, 0.5) is 5.69 Å². The molecule has 3 aliphatic rings. The SMILES string of the molecule is CNC(=O)c1nc([C@]2(C)CSC([C@]3(C)CSC([C@]4(C)CSC(/C=C/c5ccc([N+](=O)[O-])cc5)=N4)=N3)=N2)oc1C. The second-order valence-corrected chi connectivity index (χ2v) is 13.1. The minimum atomic E-state index is -0.677. The first kappa shape index (κ1) is 27.7. The average Bonchev–Trinajstić information content (AvgIpc) is 3.70. The van der Waals surface area contributed by atoms with Gasteiger partial charge in [0.1, 0.15) is 22.4 Å². The number of amides is 1. The normalized spacial score (nSPS) is 28.5. The third-order valence-electron chi connectivity index (χ3n) is 6.68. The van der Waals surface area contributed by atoms with E-state index in [1.807, 2.05) is 19.1 Å². The molecule has 204 valence electrons. The van der Waals surface area contributed by atoms with Crippen molar-refractivity contribution in [1.82, 2.24) is 10.3 Å². The van der Waals surface area contributed by atoms with Crippen LogP contribution in [0.2, 0.25) is 0 Å². The summed E-state index contributed by atoms with van der Waals surface area (Å²) in [6, 6.07) is 6.44. The summed E-state index contributed by atoms with van der Waals surface area (Å²) in [6.45, 7) is 7.92. The molecule has 1 aromatic heterocycles. The van der Waals surface area contributed by atoms with Gasteiger partial charge in [0.25, 0.3) is 11.6 Å². The van der Waals surface area contributed by atoms with Crippen molar-refractivity contribution in [3.63, 3.8) is 0 Å². The molecule has 0 aliphatic carbocycles. The predicted molar refractivity (Wildman–Crippen MR) is 161 cm³/mol. The Kier molecular flexibility index (Phi) is 7.27. The summed E-state index contributed by atoms with van der Waals surface area (Å²) in [5.74, 6) is 2.84. The number of rotatable bonds is 7. The maximum Gasteiger partial charge on any atom is 0.273 e. The van der Waals surface area contributed by atoms with Crippen LogP contribution in [0.25, 0.3) is 6.08 Å². The van der Waals surface area contributed by atoms with E-state index < -0.39 is 21.5 Å². The van der Waals surface area contributed by atoms with E-state index in [-0.39, 0.29) is 17.3 Å². The van der Waals surface area contributed by atoms with Crippen LogP contribution in [0, 0.1) is 17.0 Å². The van der Waals surface area contributed by atoms with Gasteiger partial charge >= 0.3 is 0 Å². The number of thioether (sulfide) groups is 3. The highest BCUT2D eigenvalue weighted by Gasteiger charge is 2.48. The Morgan fingerprint density at radius 3 is 2.21 bits per heavy atom. The van der Waals surface area contributed by atoms with Crippen molar-refractivity contribution in [3.05, 3.63) is 63.4 Å². The summed E-state index contributed by atoms with van der Waals surface area (Å²) in [6.07, 6.45) is 3.86. The van der Waals surface area contributed by atoms with E-state index in [9.17, 15) is 14.9 Å². The molecule has 0 radical (unpaired) electrons. The molecule has 1 N–H and O–H groups in total. The van der Waals surface area contributed by atoms with E-state index >= 15 is 0 Å². The third-order valence-corrected chi connectivity index (χ3v) is 10.9. The lowest BCUT2D eigenvalue weighted by Gasteiger charge is -2.21. The Balaban J connectivity index is 1.33. The summed E-state index contributed by atoms with van der Waals surface area (Å²) >= 11 is 5.05. The number of hydrogen-bond donors (Lipinski definition) is 1. The molecule has 1 amide bonds. The molecular formula is C26H28N6O4S3. The molecule has 10 nitrogen and oxygen atoms in total. The van der Waals surface area contributed by atoms with E-state index in [4.69, 9.17) is 19.4 Å². The molecule has 0 saturated heterocycles. The topological polar surface area (TPSA) is 135 Å². The van der Waals surface area contributed by atoms with Crippen LogP contribution in [0.15, 0.2) is 49.7 Å². The van der Waals surface area contributed by atoms with E-state index in [0.29, 0.717) is 17.4 Å². The molecule has 2 aromatic rings. The molecule has 3 atom stereocenters. The molecule has 1 aromatic carbocycles. The van der Waals surface area contributed by atoms with Gasteiger partial charge in [-0.1, -0.05) is 6.08 Å². The zero-order valence-electron chi connectivity index (χ0n) is 22.2. The highest BCUT2D eigenvalue weighted by atomic mass is 32.2.